The van der Waals surface area contributed by atoms with Crippen LogP contribution in [0.5, 0.6) is 0 Å². The molecule has 1 aromatic heterocycles. The maximum atomic E-state index is 12.8. The first-order valence-electron chi connectivity index (χ1n) is 8.78. The summed E-state index contributed by atoms with van der Waals surface area (Å²) in [5.74, 6) is 2.45. The van der Waals surface area contributed by atoms with Gasteiger partial charge < -0.3 is 9.42 Å². The summed E-state index contributed by atoms with van der Waals surface area (Å²) in [5.41, 5.74) is 0. The van der Waals surface area contributed by atoms with E-state index in [0.29, 0.717) is 17.7 Å². The number of rotatable bonds is 4. The smallest absolute Gasteiger partial charge is 0.249 e. The number of hydrogen-bond donors (Lipinski definition) is 0. The Morgan fingerprint density at radius 2 is 1.95 bits per heavy atom. The molecule has 1 aliphatic heterocycles. The van der Waals surface area contributed by atoms with E-state index < -0.39 is 0 Å². The number of piperidine rings is 1. The van der Waals surface area contributed by atoms with Crippen molar-refractivity contribution < 1.29 is 9.32 Å². The highest BCUT2D eigenvalue weighted by atomic mass is 16.5. The van der Waals surface area contributed by atoms with Crippen molar-refractivity contribution in [1.29, 1.82) is 0 Å². The number of carbonyl (C=O) groups is 1. The average molecular weight is 305 g/mol. The van der Waals surface area contributed by atoms with Crippen molar-refractivity contribution in [2.45, 2.75) is 71.3 Å². The summed E-state index contributed by atoms with van der Waals surface area (Å²) in [6.07, 6.45) is 8.45. The van der Waals surface area contributed by atoms with Crippen LogP contribution in [0.15, 0.2) is 4.52 Å². The molecule has 0 N–H and O–H groups in total. The van der Waals surface area contributed by atoms with Crippen LogP contribution >= 0.6 is 0 Å². The molecule has 0 bridgehead atoms. The number of aromatic nitrogens is 2. The van der Waals surface area contributed by atoms with Gasteiger partial charge in [0.25, 0.3) is 0 Å². The van der Waals surface area contributed by atoms with Crippen molar-refractivity contribution in [3.8, 4) is 0 Å². The Labute approximate surface area is 132 Å². The molecule has 3 rings (SSSR count). The highest BCUT2D eigenvalue weighted by Crippen LogP contribution is 2.34. The molecule has 122 valence electrons. The van der Waals surface area contributed by atoms with Gasteiger partial charge in [0.05, 0.1) is 0 Å². The molecule has 5 nitrogen and oxygen atoms in total. The van der Waals surface area contributed by atoms with E-state index in [4.69, 9.17) is 4.52 Å². The molecule has 0 spiro atoms. The second kappa shape index (κ2) is 6.80. The third kappa shape index (κ3) is 3.33. The fraction of sp³-hybridized carbons (Fsp3) is 0.824. The van der Waals surface area contributed by atoms with E-state index in [1.54, 1.807) is 0 Å². The minimum Gasteiger partial charge on any atom is -0.337 e. The van der Waals surface area contributed by atoms with Crippen molar-refractivity contribution in [1.82, 2.24) is 15.0 Å². The molecule has 1 saturated carbocycles. The molecule has 1 aliphatic carbocycles. The summed E-state index contributed by atoms with van der Waals surface area (Å²) in [6, 6.07) is -0.00439. The van der Waals surface area contributed by atoms with Gasteiger partial charge in [-0.25, -0.2) is 0 Å². The Bertz CT molecular complexity index is 506. The zero-order valence-electron chi connectivity index (χ0n) is 13.8. The van der Waals surface area contributed by atoms with Gasteiger partial charge in [0.15, 0.2) is 5.82 Å². The Hall–Kier alpha value is -1.39. The van der Waals surface area contributed by atoms with Gasteiger partial charge in [-0.2, -0.15) is 4.98 Å². The quantitative estimate of drug-likeness (QED) is 0.854. The molecule has 5 heteroatoms. The lowest BCUT2D eigenvalue weighted by atomic mass is 9.98. The number of nitrogens with zero attached hydrogens (tertiary/aromatic N) is 3. The van der Waals surface area contributed by atoms with Crippen LogP contribution in [0.2, 0.25) is 0 Å². The number of likely N-dealkylation sites (tertiary alicyclic amines) is 1. The van der Waals surface area contributed by atoms with Crippen molar-refractivity contribution in [2.75, 3.05) is 6.54 Å². The van der Waals surface area contributed by atoms with E-state index >= 15 is 0 Å². The lowest BCUT2D eigenvalue weighted by Gasteiger charge is -2.35. The first-order valence-corrected chi connectivity index (χ1v) is 8.78. The summed E-state index contributed by atoms with van der Waals surface area (Å²) in [7, 11) is 0. The normalized spacial score (nSPS) is 23.4. The minimum absolute atomic E-state index is 0.00439. The molecular formula is C17H27N3O2. The molecule has 0 aromatic carbocycles. The first kappa shape index (κ1) is 15.5. The molecule has 1 aromatic rings. The zero-order chi connectivity index (χ0) is 15.5. The topological polar surface area (TPSA) is 59.2 Å². The minimum atomic E-state index is -0.00439. The average Bonchev–Trinajstić information content (AvgIpc) is 3.17. The monoisotopic (exact) mass is 305 g/mol. The van der Waals surface area contributed by atoms with E-state index in [2.05, 4.69) is 24.0 Å². The van der Waals surface area contributed by atoms with Gasteiger partial charge in [-0.3, -0.25) is 4.79 Å². The number of carbonyl (C=O) groups excluding carboxylic acids is 1. The fourth-order valence-corrected chi connectivity index (χ4v) is 3.71. The van der Waals surface area contributed by atoms with Crippen LogP contribution in [0.1, 0.15) is 76.6 Å². The van der Waals surface area contributed by atoms with Gasteiger partial charge in [-0.15, -0.1) is 0 Å². The summed E-state index contributed by atoms with van der Waals surface area (Å²) < 4.78 is 5.49. The molecule has 2 aliphatic rings. The molecule has 0 unspecified atom stereocenters. The van der Waals surface area contributed by atoms with E-state index in [1.807, 2.05) is 4.90 Å². The van der Waals surface area contributed by atoms with Gasteiger partial charge in [-0.05, 0) is 38.0 Å². The Morgan fingerprint density at radius 3 is 2.68 bits per heavy atom. The lowest BCUT2D eigenvalue weighted by Crippen LogP contribution is -2.41. The molecule has 1 amide bonds. The third-order valence-electron chi connectivity index (χ3n) is 4.85. The Balaban J connectivity index is 1.74. The molecule has 1 saturated heterocycles. The zero-order valence-corrected chi connectivity index (χ0v) is 13.8. The Morgan fingerprint density at radius 1 is 1.23 bits per heavy atom. The van der Waals surface area contributed by atoms with Crippen LogP contribution in [-0.2, 0) is 11.2 Å². The van der Waals surface area contributed by atoms with E-state index in [1.165, 1.54) is 12.8 Å². The fourth-order valence-electron chi connectivity index (χ4n) is 3.71. The van der Waals surface area contributed by atoms with Crippen molar-refractivity contribution >= 4 is 5.91 Å². The number of hydrogen-bond acceptors (Lipinski definition) is 4. The van der Waals surface area contributed by atoms with Crippen LogP contribution in [0, 0.1) is 11.8 Å². The molecular weight excluding hydrogens is 278 g/mol. The summed E-state index contributed by atoms with van der Waals surface area (Å²) in [4.78, 5) is 19.4. The van der Waals surface area contributed by atoms with Gasteiger partial charge >= 0.3 is 0 Å². The van der Waals surface area contributed by atoms with Crippen LogP contribution in [0.3, 0.4) is 0 Å². The maximum absolute atomic E-state index is 12.8. The van der Waals surface area contributed by atoms with Crippen molar-refractivity contribution in [3.63, 3.8) is 0 Å². The van der Waals surface area contributed by atoms with Gasteiger partial charge in [0.1, 0.15) is 6.04 Å². The third-order valence-corrected chi connectivity index (χ3v) is 4.85. The number of amides is 1. The van der Waals surface area contributed by atoms with Gasteiger partial charge in [0.2, 0.25) is 11.8 Å². The summed E-state index contributed by atoms with van der Waals surface area (Å²) in [6.45, 7) is 5.13. The predicted molar refractivity (Wildman–Crippen MR) is 83.1 cm³/mol. The summed E-state index contributed by atoms with van der Waals surface area (Å²) >= 11 is 0. The Kier molecular flexibility index (Phi) is 4.79. The van der Waals surface area contributed by atoms with Crippen LogP contribution in [0.25, 0.3) is 0 Å². The van der Waals surface area contributed by atoms with E-state index in [9.17, 15) is 4.79 Å². The van der Waals surface area contributed by atoms with Crippen molar-refractivity contribution in [3.05, 3.63) is 11.7 Å². The highest BCUT2D eigenvalue weighted by Gasteiger charge is 2.36. The standard InChI is InChI=1S/C17H27N3O2/c1-12(2)11-15-18-16(22-19-15)14-9-5-6-10-20(14)17(21)13-7-3-4-8-13/h12-14H,3-11H2,1-2H3/t14-/m1/s1. The van der Waals surface area contributed by atoms with Crippen LogP contribution in [0.4, 0.5) is 0 Å². The van der Waals surface area contributed by atoms with E-state index in [0.717, 1.165) is 50.9 Å². The van der Waals surface area contributed by atoms with Gasteiger partial charge in [-0.1, -0.05) is 31.8 Å². The summed E-state index contributed by atoms with van der Waals surface area (Å²) in [5, 5.41) is 4.10. The highest BCUT2D eigenvalue weighted by molar-refractivity contribution is 5.79. The van der Waals surface area contributed by atoms with Crippen LogP contribution < -0.4 is 0 Å². The molecule has 2 heterocycles. The first-order chi connectivity index (χ1) is 10.6. The van der Waals surface area contributed by atoms with Gasteiger partial charge in [0, 0.05) is 18.9 Å². The predicted octanol–water partition coefficient (Wildman–Crippen LogP) is 3.51. The largest absolute Gasteiger partial charge is 0.337 e. The van der Waals surface area contributed by atoms with Crippen LogP contribution in [-0.4, -0.2) is 27.5 Å². The SMILES string of the molecule is CC(C)Cc1noc([C@H]2CCCCN2C(=O)C2CCCC2)n1. The lowest BCUT2D eigenvalue weighted by molar-refractivity contribution is -0.140. The second-order valence-electron chi connectivity index (χ2n) is 7.17. The maximum Gasteiger partial charge on any atom is 0.249 e. The second-order valence-corrected chi connectivity index (χ2v) is 7.17. The molecule has 0 radical (unpaired) electrons. The van der Waals surface area contributed by atoms with Crippen molar-refractivity contribution in [2.24, 2.45) is 11.8 Å². The van der Waals surface area contributed by atoms with E-state index in [-0.39, 0.29) is 12.0 Å². The molecule has 2 fully saturated rings. The molecule has 22 heavy (non-hydrogen) atoms. The molecule has 1 atom stereocenters.